The summed E-state index contributed by atoms with van der Waals surface area (Å²) in [4.78, 5) is 27.0. The molecule has 29 heavy (non-hydrogen) atoms. The monoisotopic (exact) mass is 409 g/mol. The first-order valence-corrected chi connectivity index (χ1v) is 10.4. The number of nitrogens with zero attached hydrogens (tertiary/aromatic N) is 2. The van der Waals surface area contributed by atoms with Crippen LogP contribution in [-0.2, 0) is 28.9 Å². The highest BCUT2D eigenvalue weighted by atomic mass is 32.1. The SMILES string of the molecule is CCOC(=O)N1CCc2c(sc(NC(=O)/C=C/c3ccccc3CC)c2C#N)C1. The molecular weight excluding hydrogens is 386 g/mol. The van der Waals surface area contributed by atoms with Gasteiger partial charge in [-0.25, -0.2) is 4.79 Å². The number of anilines is 1. The van der Waals surface area contributed by atoms with Crippen LogP contribution in [0.25, 0.3) is 6.08 Å². The third-order valence-corrected chi connectivity index (χ3v) is 5.91. The van der Waals surface area contributed by atoms with Crippen molar-refractivity contribution in [3.8, 4) is 6.07 Å². The molecule has 0 radical (unpaired) electrons. The van der Waals surface area contributed by atoms with E-state index in [9.17, 15) is 14.9 Å². The molecular formula is C22H23N3O3S. The Labute approximate surface area is 174 Å². The number of aryl methyl sites for hydroxylation is 1. The summed E-state index contributed by atoms with van der Waals surface area (Å²) in [5.74, 6) is -0.284. The van der Waals surface area contributed by atoms with Gasteiger partial charge in [0.25, 0.3) is 0 Å². The van der Waals surface area contributed by atoms with E-state index >= 15 is 0 Å². The molecule has 1 aliphatic heterocycles. The van der Waals surface area contributed by atoms with Crippen LogP contribution in [0.15, 0.2) is 30.3 Å². The van der Waals surface area contributed by atoms with Gasteiger partial charge in [-0.05, 0) is 42.5 Å². The van der Waals surface area contributed by atoms with Crippen LogP contribution < -0.4 is 5.32 Å². The van der Waals surface area contributed by atoms with E-state index in [1.165, 1.54) is 23.0 Å². The highest BCUT2D eigenvalue weighted by molar-refractivity contribution is 7.16. The molecule has 0 spiro atoms. The van der Waals surface area contributed by atoms with Crippen molar-refractivity contribution in [3.05, 3.63) is 57.5 Å². The third-order valence-electron chi connectivity index (χ3n) is 4.78. The first kappa shape index (κ1) is 20.6. The van der Waals surface area contributed by atoms with Gasteiger partial charge in [0.05, 0.1) is 18.7 Å². The highest BCUT2D eigenvalue weighted by Crippen LogP contribution is 2.36. The molecule has 2 amide bonds. The summed E-state index contributed by atoms with van der Waals surface area (Å²) in [6.45, 7) is 5.06. The largest absolute Gasteiger partial charge is 0.450 e. The molecule has 2 heterocycles. The standard InChI is InChI=1S/C22H23N3O3S/c1-3-15-7-5-6-8-16(15)9-10-20(26)24-21-18(13-23)17-11-12-25(14-19(17)29-21)22(27)28-4-2/h5-10H,3-4,11-12,14H2,1-2H3,(H,24,26)/b10-9+. The molecule has 0 unspecified atom stereocenters. The van der Waals surface area contributed by atoms with Gasteiger partial charge in [-0.3, -0.25) is 4.79 Å². The van der Waals surface area contributed by atoms with Crippen molar-refractivity contribution >= 4 is 34.4 Å². The molecule has 1 aliphatic rings. The average Bonchev–Trinajstić information content (AvgIpc) is 3.08. The van der Waals surface area contributed by atoms with E-state index in [1.807, 2.05) is 24.3 Å². The number of carbonyl (C=O) groups is 2. The average molecular weight is 410 g/mol. The number of fused-ring (bicyclic) bond motifs is 1. The van der Waals surface area contributed by atoms with Crippen molar-refractivity contribution in [2.75, 3.05) is 18.5 Å². The van der Waals surface area contributed by atoms with Crippen molar-refractivity contribution in [2.45, 2.75) is 33.2 Å². The van der Waals surface area contributed by atoms with Gasteiger partial charge >= 0.3 is 6.09 Å². The Kier molecular flexibility index (Phi) is 6.68. The van der Waals surface area contributed by atoms with Crippen molar-refractivity contribution in [2.24, 2.45) is 0 Å². The molecule has 1 aromatic heterocycles. The summed E-state index contributed by atoms with van der Waals surface area (Å²) in [6, 6.07) is 10.1. The van der Waals surface area contributed by atoms with Gasteiger partial charge < -0.3 is 15.0 Å². The van der Waals surface area contributed by atoms with E-state index in [0.29, 0.717) is 36.7 Å². The number of amides is 2. The van der Waals surface area contributed by atoms with Crippen molar-refractivity contribution < 1.29 is 14.3 Å². The normalized spacial score (nSPS) is 13.1. The lowest BCUT2D eigenvalue weighted by Gasteiger charge is -2.25. The van der Waals surface area contributed by atoms with Gasteiger partial charge in [0, 0.05) is 17.5 Å². The fraction of sp³-hybridized carbons (Fsp3) is 0.318. The Balaban J connectivity index is 1.75. The number of hydrogen-bond acceptors (Lipinski definition) is 5. The molecule has 0 atom stereocenters. The van der Waals surface area contributed by atoms with Gasteiger partial charge in [0.15, 0.2) is 0 Å². The second-order valence-electron chi connectivity index (χ2n) is 6.57. The number of ether oxygens (including phenoxy) is 1. The molecule has 0 fully saturated rings. The maximum atomic E-state index is 12.4. The van der Waals surface area contributed by atoms with Crippen LogP contribution in [0.4, 0.5) is 9.80 Å². The second kappa shape index (κ2) is 9.39. The smallest absolute Gasteiger partial charge is 0.410 e. The van der Waals surface area contributed by atoms with Crippen LogP contribution in [0.2, 0.25) is 0 Å². The lowest BCUT2D eigenvalue weighted by atomic mass is 10.0. The van der Waals surface area contributed by atoms with Crippen LogP contribution in [0, 0.1) is 11.3 Å². The summed E-state index contributed by atoms with van der Waals surface area (Å²) in [5, 5.41) is 13.0. The minimum atomic E-state index is -0.354. The summed E-state index contributed by atoms with van der Waals surface area (Å²) in [6.07, 6.45) is 4.38. The molecule has 0 saturated heterocycles. The van der Waals surface area contributed by atoms with E-state index in [-0.39, 0.29) is 12.0 Å². The molecule has 150 valence electrons. The number of carbonyl (C=O) groups excluding carboxylic acids is 2. The number of nitriles is 1. The molecule has 0 bridgehead atoms. The number of rotatable bonds is 5. The number of nitrogens with one attached hydrogen (secondary N) is 1. The third kappa shape index (κ3) is 4.66. The Bertz CT molecular complexity index is 988. The fourth-order valence-corrected chi connectivity index (χ4v) is 4.53. The van der Waals surface area contributed by atoms with Gasteiger partial charge in [0.1, 0.15) is 11.1 Å². The Morgan fingerprint density at radius 2 is 2.14 bits per heavy atom. The molecule has 2 aromatic rings. The maximum absolute atomic E-state index is 12.4. The fourth-order valence-electron chi connectivity index (χ4n) is 3.32. The Morgan fingerprint density at radius 3 is 2.86 bits per heavy atom. The quantitative estimate of drug-likeness (QED) is 0.745. The van der Waals surface area contributed by atoms with Crippen LogP contribution >= 0.6 is 11.3 Å². The summed E-state index contributed by atoms with van der Waals surface area (Å²) in [5.41, 5.74) is 3.57. The minimum absolute atomic E-state index is 0.284. The first-order chi connectivity index (χ1) is 14.1. The van der Waals surface area contributed by atoms with Crippen LogP contribution in [0.3, 0.4) is 0 Å². The molecule has 6 nitrogen and oxygen atoms in total. The van der Waals surface area contributed by atoms with Gasteiger partial charge in [-0.15, -0.1) is 11.3 Å². The molecule has 1 aromatic carbocycles. The molecule has 1 N–H and O–H groups in total. The van der Waals surface area contributed by atoms with Crippen molar-refractivity contribution in [1.29, 1.82) is 5.26 Å². The lowest BCUT2D eigenvalue weighted by molar-refractivity contribution is -0.111. The zero-order chi connectivity index (χ0) is 20.8. The van der Waals surface area contributed by atoms with E-state index in [4.69, 9.17) is 4.74 Å². The Hall–Kier alpha value is -3.11. The highest BCUT2D eigenvalue weighted by Gasteiger charge is 2.27. The maximum Gasteiger partial charge on any atom is 0.410 e. The molecule has 0 aliphatic carbocycles. The summed E-state index contributed by atoms with van der Waals surface area (Å²) >= 11 is 1.35. The first-order valence-electron chi connectivity index (χ1n) is 9.60. The van der Waals surface area contributed by atoms with Crippen LogP contribution in [-0.4, -0.2) is 30.1 Å². The Morgan fingerprint density at radius 1 is 1.34 bits per heavy atom. The zero-order valence-electron chi connectivity index (χ0n) is 16.5. The van der Waals surface area contributed by atoms with E-state index in [1.54, 1.807) is 17.9 Å². The molecule has 0 saturated carbocycles. The van der Waals surface area contributed by atoms with Crippen molar-refractivity contribution in [1.82, 2.24) is 4.90 Å². The zero-order valence-corrected chi connectivity index (χ0v) is 17.3. The molecule has 3 rings (SSSR count). The van der Waals surface area contributed by atoms with E-state index in [2.05, 4.69) is 18.3 Å². The predicted molar refractivity (Wildman–Crippen MR) is 114 cm³/mol. The summed E-state index contributed by atoms with van der Waals surface area (Å²) < 4.78 is 5.06. The van der Waals surface area contributed by atoms with Gasteiger partial charge in [-0.2, -0.15) is 5.26 Å². The topological polar surface area (TPSA) is 82.4 Å². The van der Waals surface area contributed by atoms with Gasteiger partial charge in [0.2, 0.25) is 5.91 Å². The number of hydrogen-bond donors (Lipinski definition) is 1. The number of benzene rings is 1. The summed E-state index contributed by atoms with van der Waals surface area (Å²) in [7, 11) is 0. The van der Waals surface area contributed by atoms with E-state index in [0.717, 1.165) is 22.4 Å². The lowest BCUT2D eigenvalue weighted by Crippen LogP contribution is -2.35. The van der Waals surface area contributed by atoms with Crippen LogP contribution in [0.5, 0.6) is 0 Å². The predicted octanol–water partition coefficient (Wildman–Crippen LogP) is 4.35. The number of thiophene rings is 1. The molecule has 7 heteroatoms. The van der Waals surface area contributed by atoms with Gasteiger partial charge in [-0.1, -0.05) is 31.2 Å². The second-order valence-corrected chi connectivity index (χ2v) is 7.67. The van der Waals surface area contributed by atoms with Crippen LogP contribution in [0.1, 0.15) is 41.0 Å². The van der Waals surface area contributed by atoms with Crippen molar-refractivity contribution in [3.63, 3.8) is 0 Å². The van der Waals surface area contributed by atoms with E-state index < -0.39 is 0 Å². The minimum Gasteiger partial charge on any atom is -0.450 e.